The lowest BCUT2D eigenvalue weighted by Crippen LogP contribution is -2.11. The summed E-state index contributed by atoms with van der Waals surface area (Å²) < 4.78 is 16.1. The Morgan fingerprint density at radius 3 is 2.68 bits per heavy atom. The highest BCUT2D eigenvalue weighted by Crippen LogP contribution is 2.35. The molecule has 188 valence electrons. The first-order valence-electron chi connectivity index (χ1n) is 12.3. The first-order chi connectivity index (χ1) is 18.6. The first-order valence-corrected chi connectivity index (χ1v) is 12.3. The van der Waals surface area contributed by atoms with E-state index < -0.39 is 5.82 Å². The van der Waals surface area contributed by atoms with Crippen molar-refractivity contribution in [3.8, 4) is 33.9 Å². The molecular weight excluding hydrogens is 483 g/mol. The third-order valence-corrected chi connectivity index (χ3v) is 6.34. The number of pyridine rings is 3. The van der Waals surface area contributed by atoms with Crippen LogP contribution in [0.15, 0.2) is 67.4 Å². The minimum Gasteiger partial charge on any atom is -0.336 e. The summed E-state index contributed by atoms with van der Waals surface area (Å²) in [5.74, 6) is -0.138. The molecule has 10 heteroatoms. The molecule has 9 nitrogen and oxygen atoms in total. The van der Waals surface area contributed by atoms with Crippen LogP contribution < -0.4 is 5.32 Å². The van der Waals surface area contributed by atoms with Crippen LogP contribution in [-0.4, -0.2) is 41.0 Å². The molecule has 0 radical (unpaired) electrons. The van der Waals surface area contributed by atoms with Crippen molar-refractivity contribution in [2.75, 3.05) is 5.32 Å². The monoisotopic (exact) mass is 506 g/mol. The van der Waals surface area contributed by atoms with E-state index in [0.717, 1.165) is 23.9 Å². The molecule has 5 aromatic heterocycles. The van der Waals surface area contributed by atoms with Gasteiger partial charge in [-0.25, -0.2) is 9.37 Å². The van der Waals surface area contributed by atoms with Gasteiger partial charge in [-0.05, 0) is 42.8 Å². The number of rotatable bonds is 7. The molecule has 1 amide bonds. The number of nitrogens with one attached hydrogen (secondary N) is 3. The molecule has 0 saturated carbocycles. The summed E-state index contributed by atoms with van der Waals surface area (Å²) >= 11 is 0. The number of hydrogen-bond donors (Lipinski definition) is 3. The molecule has 1 aromatic carbocycles. The third-order valence-electron chi connectivity index (χ3n) is 6.34. The van der Waals surface area contributed by atoms with Gasteiger partial charge in [0.15, 0.2) is 5.82 Å². The molecule has 0 saturated heterocycles. The lowest BCUT2D eigenvalue weighted by molar-refractivity contribution is -0.116. The fourth-order valence-corrected chi connectivity index (χ4v) is 4.45. The second-order valence-corrected chi connectivity index (χ2v) is 8.91. The lowest BCUT2D eigenvalue weighted by atomic mass is 10.0. The van der Waals surface area contributed by atoms with Crippen molar-refractivity contribution in [2.45, 2.75) is 26.2 Å². The van der Waals surface area contributed by atoms with Crippen LogP contribution in [0.25, 0.3) is 55.8 Å². The minimum absolute atomic E-state index is 0.0932. The van der Waals surface area contributed by atoms with E-state index in [-0.39, 0.29) is 5.91 Å². The number of halogens is 1. The minimum atomic E-state index is -0.463. The summed E-state index contributed by atoms with van der Waals surface area (Å²) in [7, 11) is 0. The third kappa shape index (κ3) is 4.26. The maximum Gasteiger partial charge on any atom is 0.224 e. The Hall–Kier alpha value is -4.99. The van der Waals surface area contributed by atoms with Crippen molar-refractivity contribution in [1.29, 1.82) is 0 Å². The second kappa shape index (κ2) is 9.81. The largest absolute Gasteiger partial charge is 0.336 e. The molecule has 0 atom stereocenters. The number of nitrogens with zero attached hydrogens (tertiary/aromatic N) is 5. The van der Waals surface area contributed by atoms with Crippen LogP contribution in [0.4, 0.5) is 10.1 Å². The Balaban J connectivity index is 1.41. The Kier molecular flexibility index (Phi) is 6.04. The van der Waals surface area contributed by atoms with Crippen molar-refractivity contribution in [1.82, 2.24) is 35.1 Å². The summed E-state index contributed by atoms with van der Waals surface area (Å²) in [6, 6.07) is 10.7. The van der Waals surface area contributed by atoms with E-state index in [4.69, 9.17) is 4.98 Å². The molecule has 5 heterocycles. The maximum atomic E-state index is 16.1. The van der Waals surface area contributed by atoms with E-state index >= 15 is 4.39 Å². The Labute approximate surface area is 216 Å². The normalized spacial score (nSPS) is 11.3. The molecule has 0 aliphatic heterocycles. The van der Waals surface area contributed by atoms with Gasteiger partial charge in [-0.1, -0.05) is 13.3 Å². The van der Waals surface area contributed by atoms with Gasteiger partial charge in [-0.3, -0.25) is 24.8 Å². The summed E-state index contributed by atoms with van der Waals surface area (Å²) in [5, 5.41) is 10.4. The van der Waals surface area contributed by atoms with E-state index in [9.17, 15) is 4.79 Å². The number of hydrogen-bond acceptors (Lipinski definition) is 6. The van der Waals surface area contributed by atoms with Crippen LogP contribution in [0.2, 0.25) is 0 Å². The van der Waals surface area contributed by atoms with Crippen LogP contribution in [-0.2, 0) is 4.79 Å². The zero-order chi connectivity index (χ0) is 26.1. The van der Waals surface area contributed by atoms with Crippen LogP contribution in [0.5, 0.6) is 0 Å². The Bertz CT molecular complexity index is 1780. The first kappa shape index (κ1) is 23.4. The fourth-order valence-electron chi connectivity index (χ4n) is 4.45. The van der Waals surface area contributed by atoms with E-state index in [0.29, 0.717) is 56.9 Å². The molecule has 0 unspecified atom stereocenters. The number of carbonyl (C=O) groups excluding carboxylic acids is 1. The molecule has 3 N–H and O–H groups in total. The van der Waals surface area contributed by atoms with E-state index in [2.05, 4.69) is 35.5 Å². The number of unbranched alkanes of at least 4 members (excludes halogenated alkanes) is 1. The van der Waals surface area contributed by atoms with Crippen LogP contribution in [0, 0.1) is 5.82 Å². The molecule has 6 rings (SSSR count). The van der Waals surface area contributed by atoms with Gasteiger partial charge in [-0.2, -0.15) is 5.10 Å². The van der Waals surface area contributed by atoms with Gasteiger partial charge in [0.2, 0.25) is 5.91 Å². The number of aromatic amines is 2. The summed E-state index contributed by atoms with van der Waals surface area (Å²) in [5.41, 5.74) is 5.26. The number of aromatic nitrogens is 7. The molecule has 0 aliphatic carbocycles. The topological polar surface area (TPSA) is 125 Å². The predicted molar refractivity (Wildman–Crippen MR) is 144 cm³/mol. The summed E-state index contributed by atoms with van der Waals surface area (Å²) in [6.07, 6.45) is 10.4. The van der Waals surface area contributed by atoms with Gasteiger partial charge in [-0.15, -0.1) is 0 Å². The average molecular weight is 507 g/mol. The number of benzene rings is 1. The van der Waals surface area contributed by atoms with Gasteiger partial charge in [0.25, 0.3) is 0 Å². The fraction of sp³-hybridized carbons (Fsp3) is 0.143. The van der Waals surface area contributed by atoms with Crippen molar-refractivity contribution >= 4 is 33.5 Å². The van der Waals surface area contributed by atoms with Crippen LogP contribution in [0.3, 0.4) is 0 Å². The molecule has 38 heavy (non-hydrogen) atoms. The molecule has 0 spiro atoms. The van der Waals surface area contributed by atoms with Crippen LogP contribution in [0.1, 0.15) is 26.2 Å². The van der Waals surface area contributed by atoms with E-state index in [1.54, 1.807) is 49.2 Å². The SMILES string of the molecule is CCCCC(=O)Nc1cncc(-c2ccc3[nH]nc(-c4nc5c(-c6ccncc6)nccc5[nH]4)c3c2F)c1. The smallest absolute Gasteiger partial charge is 0.224 e. The summed E-state index contributed by atoms with van der Waals surface area (Å²) in [6.45, 7) is 2.03. The van der Waals surface area contributed by atoms with Gasteiger partial charge < -0.3 is 10.3 Å². The standard InChI is InChI=1S/C28H23FN8O/c1-2-3-4-22(38)33-18-13-17(14-31-15-18)19-5-6-20-23(24(19)29)27(37-36-20)28-34-21-9-12-32-25(26(21)35-28)16-7-10-30-11-8-16/h5-15H,2-4H2,1H3,(H,33,38)(H,34,35)(H,36,37). The summed E-state index contributed by atoms with van der Waals surface area (Å²) in [4.78, 5) is 33.0. The zero-order valence-corrected chi connectivity index (χ0v) is 20.5. The van der Waals surface area contributed by atoms with Gasteiger partial charge in [0.05, 0.1) is 34.0 Å². The quantitative estimate of drug-likeness (QED) is 0.248. The number of imidazole rings is 1. The maximum absolute atomic E-state index is 16.1. The number of anilines is 1. The van der Waals surface area contributed by atoms with Crippen molar-refractivity contribution in [3.63, 3.8) is 0 Å². The Morgan fingerprint density at radius 1 is 0.974 bits per heavy atom. The molecule has 0 bridgehead atoms. The van der Waals surface area contributed by atoms with Crippen molar-refractivity contribution in [2.24, 2.45) is 0 Å². The number of H-pyrrole nitrogens is 2. The van der Waals surface area contributed by atoms with Crippen molar-refractivity contribution in [3.05, 3.63) is 73.2 Å². The van der Waals surface area contributed by atoms with Crippen molar-refractivity contribution < 1.29 is 9.18 Å². The van der Waals surface area contributed by atoms with E-state index in [1.165, 1.54) is 0 Å². The number of fused-ring (bicyclic) bond motifs is 2. The molecule has 0 aliphatic rings. The highest BCUT2D eigenvalue weighted by molar-refractivity contribution is 5.98. The second-order valence-electron chi connectivity index (χ2n) is 8.91. The molecular formula is C28H23FN8O. The zero-order valence-electron chi connectivity index (χ0n) is 20.5. The van der Waals surface area contributed by atoms with Gasteiger partial charge >= 0.3 is 0 Å². The highest BCUT2D eigenvalue weighted by Gasteiger charge is 2.21. The Morgan fingerprint density at radius 2 is 1.84 bits per heavy atom. The predicted octanol–water partition coefficient (Wildman–Crippen LogP) is 5.89. The van der Waals surface area contributed by atoms with E-state index in [1.807, 2.05) is 25.1 Å². The number of carbonyl (C=O) groups is 1. The van der Waals surface area contributed by atoms with Gasteiger partial charge in [0.1, 0.15) is 17.0 Å². The van der Waals surface area contributed by atoms with Gasteiger partial charge in [0, 0.05) is 47.9 Å². The highest BCUT2D eigenvalue weighted by atomic mass is 19.1. The average Bonchev–Trinajstić information content (AvgIpc) is 3.57. The molecule has 6 aromatic rings. The lowest BCUT2D eigenvalue weighted by Gasteiger charge is -2.08. The van der Waals surface area contributed by atoms with Crippen LogP contribution >= 0.6 is 0 Å². The number of amides is 1. The molecule has 0 fully saturated rings.